The quantitative estimate of drug-likeness (QED) is 0.638. The molecular formula is C13H11NS. The van der Waals surface area contributed by atoms with Crippen molar-refractivity contribution in [1.82, 2.24) is 4.37 Å². The summed E-state index contributed by atoms with van der Waals surface area (Å²) >= 11 is 1.51. The minimum atomic E-state index is 1.17. The summed E-state index contributed by atoms with van der Waals surface area (Å²) < 4.78 is 4.17. The number of aromatic nitrogens is 1. The molecule has 0 N–H and O–H groups in total. The molecule has 0 aliphatic heterocycles. The summed E-state index contributed by atoms with van der Waals surface area (Å²) in [6.45, 7) is 0. The summed E-state index contributed by atoms with van der Waals surface area (Å²) in [7, 11) is 0. The van der Waals surface area contributed by atoms with Crippen molar-refractivity contribution < 1.29 is 0 Å². The van der Waals surface area contributed by atoms with E-state index in [0.717, 1.165) is 0 Å². The lowest BCUT2D eigenvalue weighted by Crippen LogP contribution is -1.68. The van der Waals surface area contributed by atoms with Crippen LogP contribution in [-0.4, -0.2) is 4.37 Å². The van der Waals surface area contributed by atoms with Gasteiger partial charge in [-0.1, -0.05) is 54.7 Å². The molecule has 0 aromatic carbocycles. The first kappa shape index (κ1) is 9.87. The van der Waals surface area contributed by atoms with Crippen molar-refractivity contribution in [2.45, 2.75) is 0 Å². The predicted molar refractivity (Wildman–Crippen MR) is 67.6 cm³/mol. The van der Waals surface area contributed by atoms with E-state index < -0.39 is 0 Å². The highest BCUT2D eigenvalue weighted by molar-refractivity contribution is 7.07. The summed E-state index contributed by atoms with van der Waals surface area (Å²) in [6, 6.07) is 0. The van der Waals surface area contributed by atoms with E-state index in [1.807, 2.05) is 54.8 Å². The third-order valence-corrected chi connectivity index (χ3v) is 2.71. The van der Waals surface area contributed by atoms with Crippen molar-refractivity contribution in [3.8, 4) is 0 Å². The Labute approximate surface area is 93.6 Å². The van der Waals surface area contributed by atoms with E-state index in [1.54, 1.807) is 0 Å². The summed E-state index contributed by atoms with van der Waals surface area (Å²) in [4.78, 5) is 1.19. The molecule has 1 aromatic rings. The lowest BCUT2D eigenvalue weighted by atomic mass is 10.2. The maximum atomic E-state index is 4.17. The number of hydrogen-bond acceptors (Lipinski definition) is 2. The van der Waals surface area contributed by atoms with E-state index in [0.29, 0.717) is 0 Å². The topological polar surface area (TPSA) is 12.9 Å². The Morgan fingerprint density at radius 2 is 1.33 bits per heavy atom. The van der Waals surface area contributed by atoms with Gasteiger partial charge in [-0.05, 0) is 17.6 Å². The largest absolute Gasteiger partial charge is 0.200 e. The molecular weight excluding hydrogens is 202 g/mol. The molecule has 1 heterocycles. The van der Waals surface area contributed by atoms with Crippen molar-refractivity contribution >= 4 is 23.7 Å². The van der Waals surface area contributed by atoms with Gasteiger partial charge in [0.1, 0.15) is 0 Å². The molecule has 0 fully saturated rings. The van der Waals surface area contributed by atoms with E-state index in [-0.39, 0.29) is 0 Å². The lowest BCUT2D eigenvalue weighted by molar-refractivity contribution is 1.56. The fourth-order valence-corrected chi connectivity index (χ4v) is 1.84. The van der Waals surface area contributed by atoms with Crippen molar-refractivity contribution in [3.05, 3.63) is 65.2 Å². The van der Waals surface area contributed by atoms with E-state index in [9.17, 15) is 0 Å². The van der Waals surface area contributed by atoms with Crippen molar-refractivity contribution in [1.29, 1.82) is 0 Å². The molecule has 1 aliphatic rings. The van der Waals surface area contributed by atoms with Gasteiger partial charge in [0.05, 0.1) is 4.88 Å². The molecule has 74 valence electrons. The molecule has 2 rings (SSSR count). The van der Waals surface area contributed by atoms with Crippen LogP contribution in [0.4, 0.5) is 0 Å². The highest BCUT2D eigenvalue weighted by atomic mass is 32.1. The molecule has 0 amide bonds. The smallest absolute Gasteiger partial charge is 0.0549 e. The van der Waals surface area contributed by atoms with Crippen LogP contribution in [0.3, 0.4) is 0 Å². The van der Waals surface area contributed by atoms with Crippen LogP contribution in [0, 0.1) is 0 Å². The van der Waals surface area contributed by atoms with Crippen LogP contribution in [0.15, 0.2) is 54.8 Å². The molecule has 1 aliphatic carbocycles. The summed E-state index contributed by atoms with van der Waals surface area (Å²) in [5.41, 5.74) is 1.17. The van der Waals surface area contributed by atoms with E-state index >= 15 is 0 Å². The van der Waals surface area contributed by atoms with Crippen LogP contribution in [0.5, 0.6) is 0 Å². The zero-order chi connectivity index (χ0) is 10.3. The fourth-order valence-electron chi connectivity index (χ4n) is 1.20. The summed E-state index contributed by atoms with van der Waals surface area (Å²) in [5, 5.41) is 0. The van der Waals surface area contributed by atoms with E-state index in [2.05, 4.69) is 16.5 Å². The number of hydrogen-bond donors (Lipinski definition) is 0. The molecule has 1 nitrogen and oxygen atoms in total. The molecule has 0 bridgehead atoms. The zero-order valence-corrected chi connectivity index (χ0v) is 9.02. The number of fused-ring (bicyclic) bond motifs is 1. The first-order valence-corrected chi connectivity index (χ1v) is 5.53. The van der Waals surface area contributed by atoms with Gasteiger partial charge in [0.25, 0.3) is 0 Å². The second kappa shape index (κ2) is 5.27. The van der Waals surface area contributed by atoms with Gasteiger partial charge in [0.2, 0.25) is 0 Å². The fraction of sp³-hybridized carbons (Fsp3) is 0. The molecule has 2 heteroatoms. The SMILES string of the molecule is C1=C\C=C/C=C\c2sncc2/C=C\C=C/1. The van der Waals surface area contributed by atoms with Crippen LogP contribution in [-0.2, 0) is 0 Å². The highest BCUT2D eigenvalue weighted by Crippen LogP contribution is 2.17. The van der Waals surface area contributed by atoms with E-state index in [4.69, 9.17) is 0 Å². The van der Waals surface area contributed by atoms with Crippen LogP contribution in [0.1, 0.15) is 10.4 Å². The maximum Gasteiger partial charge on any atom is 0.0549 e. The highest BCUT2D eigenvalue weighted by Gasteiger charge is 1.96. The van der Waals surface area contributed by atoms with Gasteiger partial charge in [-0.25, -0.2) is 0 Å². The normalized spacial score (nSPS) is 25.3. The Morgan fingerprint density at radius 1 is 0.733 bits per heavy atom. The predicted octanol–water partition coefficient (Wildman–Crippen LogP) is 3.85. The maximum absolute atomic E-state index is 4.17. The molecule has 0 atom stereocenters. The lowest BCUT2D eigenvalue weighted by Gasteiger charge is -1.88. The minimum Gasteiger partial charge on any atom is -0.200 e. The van der Waals surface area contributed by atoms with Gasteiger partial charge in [-0.3, -0.25) is 0 Å². The van der Waals surface area contributed by atoms with Gasteiger partial charge >= 0.3 is 0 Å². The number of rotatable bonds is 0. The van der Waals surface area contributed by atoms with Crippen molar-refractivity contribution in [3.63, 3.8) is 0 Å². The van der Waals surface area contributed by atoms with Crippen molar-refractivity contribution in [2.24, 2.45) is 0 Å². The Bertz CT molecular complexity index is 418. The van der Waals surface area contributed by atoms with Crippen molar-refractivity contribution in [2.75, 3.05) is 0 Å². The molecule has 0 saturated carbocycles. The average Bonchev–Trinajstić information content (AvgIpc) is 2.65. The molecule has 15 heavy (non-hydrogen) atoms. The van der Waals surface area contributed by atoms with Crippen LogP contribution in [0.25, 0.3) is 12.2 Å². The van der Waals surface area contributed by atoms with Gasteiger partial charge in [0, 0.05) is 11.8 Å². The Kier molecular flexibility index (Phi) is 3.47. The molecule has 0 saturated heterocycles. The number of nitrogens with zero attached hydrogens (tertiary/aromatic N) is 1. The van der Waals surface area contributed by atoms with Crippen LogP contribution in [0.2, 0.25) is 0 Å². The first-order valence-electron chi connectivity index (χ1n) is 4.76. The monoisotopic (exact) mass is 213 g/mol. The Morgan fingerprint density at radius 3 is 2.07 bits per heavy atom. The van der Waals surface area contributed by atoms with Crippen LogP contribution >= 0.6 is 11.5 Å². The van der Waals surface area contributed by atoms with Gasteiger partial charge in [-0.2, -0.15) is 4.37 Å². The molecule has 1 aromatic heterocycles. The molecule has 0 unspecified atom stereocenters. The van der Waals surface area contributed by atoms with Gasteiger partial charge in [0.15, 0.2) is 0 Å². The average molecular weight is 213 g/mol. The zero-order valence-electron chi connectivity index (χ0n) is 8.21. The van der Waals surface area contributed by atoms with Gasteiger partial charge < -0.3 is 0 Å². The summed E-state index contributed by atoms with van der Waals surface area (Å²) in [6.07, 6.45) is 22.1. The summed E-state index contributed by atoms with van der Waals surface area (Å²) in [5.74, 6) is 0. The second-order valence-electron chi connectivity index (χ2n) is 3.02. The first-order chi connectivity index (χ1) is 7.47. The second-order valence-corrected chi connectivity index (χ2v) is 3.85. The minimum absolute atomic E-state index is 1.17. The van der Waals surface area contributed by atoms with Crippen LogP contribution < -0.4 is 0 Å². The third kappa shape index (κ3) is 2.89. The third-order valence-electron chi connectivity index (χ3n) is 1.93. The Hall–Kier alpha value is -1.67. The van der Waals surface area contributed by atoms with Gasteiger partial charge in [-0.15, -0.1) is 0 Å². The number of allylic oxidation sites excluding steroid dienone is 8. The van der Waals surface area contributed by atoms with E-state index in [1.165, 1.54) is 22.0 Å². The standard InChI is InChI=1S/C13H11NS/c1-2-4-6-8-10-13-12(11-14-15-13)9-7-5-3-1/h1-11H/b2-1-,3-1?,4-2?,5-3-,6-4-,7-5?,8-6?,9-7-,10-8-,12-9?,13-10?. The molecule has 0 radical (unpaired) electrons. The molecule has 0 spiro atoms. The Balaban J connectivity index is 2.34.